The third-order valence-electron chi connectivity index (χ3n) is 5.87. The highest BCUT2D eigenvalue weighted by atomic mass is 15.3. The Morgan fingerprint density at radius 3 is 2.52 bits per heavy atom. The van der Waals surface area contributed by atoms with E-state index < -0.39 is 0 Å². The van der Waals surface area contributed by atoms with Crippen molar-refractivity contribution < 1.29 is 0 Å². The van der Waals surface area contributed by atoms with Crippen LogP contribution in [0.2, 0.25) is 0 Å². The Kier molecular flexibility index (Phi) is 5.54. The van der Waals surface area contributed by atoms with E-state index in [1.54, 1.807) is 0 Å². The smallest absolute Gasteiger partial charge is 0.0146 e. The fourth-order valence-electron chi connectivity index (χ4n) is 4.53. The van der Waals surface area contributed by atoms with E-state index in [0.717, 1.165) is 17.9 Å². The molecule has 0 aromatic carbocycles. The van der Waals surface area contributed by atoms with Gasteiger partial charge in [-0.2, -0.15) is 0 Å². The molecular weight excluding hydrogens is 260 g/mol. The SMILES string of the molecule is CC1CN(CC2CCCNC2)CCC1N1CCN(C)CC1. The molecule has 0 spiro atoms. The van der Waals surface area contributed by atoms with Crippen LogP contribution >= 0.6 is 0 Å². The molecule has 122 valence electrons. The van der Waals surface area contributed by atoms with E-state index in [4.69, 9.17) is 0 Å². The molecule has 3 unspecified atom stereocenters. The van der Waals surface area contributed by atoms with E-state index in [9.17, 15) is 0 Å². The van der Waals surface area contributed by atoms with E-state index >= 15 is 0 Å². The number of hydrogen-bond donors (Lipinski definition) is 1. The van der Waals surface area contributed by atoms with Gasteiger partial charge in [-0.15, -0.1) is 0 Å². The van der Waals surface area contributed by atoms with Crippen LogP contribution in [0, 0.1) is 11.8 Å². The second-order valence-electron chi connectivity index (χ2n) is 7.64. The summed E-state index contributed by atoms with van der Waals surface area (Å²) in [6.07, 6.45) is 4.18. The number of hydrogen-bond acceptors (Lipinski definition) is 4. The van der Waals surface area contributed by atoms with Gasteiger partial charge in [0.1, 0.15) is 0 Å². The van der Waals surface area contributed by atoms with Crippen molar-refractivity contribution in [2.45, 2.75) is 32.2 Å². The summed E-state index contributed by atoms with van der Waals surface area (Å²) in [5, 5.41) is 3.56. The van der Waals surface area contributed by atoms with Crippen LogP contribution in [0.4, 0.5) is 0 Å². The molecule has 3 rings (SSSR count). The fourth-order valence-corrected chi connectivity index (χ4v) is 4.53. The van der Waals surface area contributed by atoms with Gasteiger partial charge in [-0.1, -0.05) is 6.92 Å². The molecule has 3 aliphatic heterocycles. The van der Waals surface area contributed by atoms with Crippen LogP contribution < -0.4 is 5.32 Å². The van der Waals surface area contributed by atoms with Crippen LogP contribution in [-0.4, -0.2) is 86.7 Å². The molecular formula is C17H34N4. The average molecular weight is 294 g/mol. The summed E-state index contributed by atoms with van der Waals surface area (Å²) in [7, 11) is 2.25. The monoisotopic (exact) mass is 294 g/mol. The molecule has 4 nitrogen and oxygen atoms in total. The second kappa shape index (κ2) is 7.40. The van der Waals surface area contributed by atoms with Crippen LogP contribution in [0.15, 0.2) is 0 Å². The lowest BCUT2D eigenvalue weighted by Gasteiger charge is -2.46. The van der Waals surface area contributed by atoms with Crippen molar-refractivity contribution in [2.24, 2.45) is 11.8 Å². The normalized spacial score (nSPS) is 37.7. The number of rotatable bonds is 3. The van der Waals surface area contributed by atoms with Gasteiger partial charge < -0.3 is 15.1 Å². The van der Waals surface area contributed by atoms with Crippen molar-refractivity contribution >= 4 is 0 Å². The fraction of sp³-hybridized carbons (Fsp3) is 1.00. The van der Waals surface area contributed by atoms with Gasteiger partial charge in [0.2, 0.25) is 0 Å². The van der Waals surface area contributed by atoms with Gasteiger partial charge >= 0.3 is 0 Å². The largest absolute Gasteiger partial charge is 0.316 e. The Morgan fingerprint density at radius 2 is 1.86 bits per heavy atom. The Morgan fingerprint density at radius 1 is 1.05 bits per heavy atom. The predicted octanol–water partition coefficient (Wildman–Crippen LogP) is 0.944. The van der Waals surface area contributed by atoms with E-state index in [1.807, 2.05) is 0 Å². The topological polar surface area (TPSA) is 21.8 Å². The van der Waals surface area contributed by atoms with Crippen molar-refractivity contribution in [1.29, 1.82) is 0 Å². The van der Waals surface area contributed by atoms with Crippen molar-refractivity contribution in [3.05, 3.63) is 0 Å². The Labute approximate surface area is 130 Å². The van der Waals surface area contributed by atoms with Crippen LogP contribution in [0.3, 0.4) is 0 Å². The Balaban J connectivity index is 1.45. The highest BCUT2D eigenvalue weighted by Crippen LogP contribution is 2.24. The number of likely N-dealkylation sites (N-methyl/N-ethyl adjacent to an activating group) is 1. The number of piperidine rings is 2. The lowest BCUT2D eigenvalue weighted by Crippen LogP contribution is -2.56. The van der Waals surface area contributed by atoms with E-state index in [-0.39, 0.29) is 0 Å². The third kappa shape index (κ3) is 4.19. The first-order chi connectivity index (χ1) is 10.2. The zero-order valence-electron chi connectivity index (χ0n) is 14.1. The molecule has 0 aliphatic carbocycles. The molecule has 3 atom stereocenters. The van der Waals surface area contributed by atoms with Crippen LogP contribution in [-0.2, 0) is 0 Å². The summed E-state index contributed by atoms with van der Waals surface area (Å²) in [6, 6.07) is 0.833. The molecule has 0 amide bonds. The molecule has 3 fully saturated rings. The maximum absolute atomic E-state index is 3.56. The lowest BCUT2D eigenvalue weighted by atomic mass is 9.90. The van der Waals surface area contributed by atoms with Crippen molar-refractivity contribution in [1.82, 2.24) is 20.0 Å². The zero-order chi connectivity index (χ0) is 14.7. The first kappa shape index (κ1) is 15.7. The second-order valence-corrected chi connectivity index (χ2v) is 7.64. The van der Waals surface area contributed by atoms with Crippen molar-refractivity contribution in [2.75, 3.05) is 66.0 Å². The molecule has 3 aliphatic rings. The molecule has 0 radical (unpaired) electrons. The molecule has 0 aromatic heterocycles. The van der Waals surface area contributed by atoms with E-state index in [1.165, 1.54) is 78.2 Å². The molecule has 4 heteroatoms. The van der Waals surface area contributed by atoms with Crippen LogP contribution in [0.25, 0.3) is 0 Å². The average Bonchev–Trinajstić information content (AvgIpc) is 2.50. The number of likely N-dealkylation sites (tertiary alicyclic amines) is 1. The molecule has 21 heavy (non-hydrogen) atoms. The predicted molar refractivity (Wildman–Crippen MR) is 88.7 cm³/mol. The number of piperazine rings is 1. The minimum absolute atomic E-state index is 0.832. The van der Waals surface area contributed by atoms with Gasteiger partial charge in [0.15, 0.2) is 0 Å². The zero-order valence-corrected chi connectivity index (χ0v) is 14.1. The van der Waals surface area contributed by atoms with Gasteiger partial charge in [0, 0.05) is 45.3 Å². The summed E-state index contributed by atoms with van der Waals surface area (Å²) in [5.41, 5.74) is 0. The van der Waals surface area contributed by atoms with Crippen LogP contribution in [0.1, 0.15) is 26.2 Å². The molecule has 0 aromatic rings. The highest BCUT2D eigenvalue weighted by Gasteiger charge is 2.32. The number of nitrogens with zero attached hydrogens (tertiary/aromatic N) is 3. The summed E-state index contributed by atoms with van der Waals surface area (Å²) in [6.45, 7) is 14.0. The third-order valence-corrected chi connectivity index (χ3v) is 5.87. The van der Waals surface area contributed by atoms with Crippen molar-refractivity contribution in [3.8, 4) is 0 Å². The van der Waals surface area contributed by atoms with E-state index in [0.29, 0.717) is 0 Å². The first-order valence-electron chi connectivity index (χ1n) is 9.08. The molecule has 3 saturated heterocycles. The van der Waals surface area contributed by atoms with Crippen molar-refractivity contribution in [3.63, 3.8) is 0 Å². The maximum Gasteiger partial charge on any atom is 0.0146 e. The molecule has 3 heterocycles. The highest BCUT2D eigenvalue weighted by molar-refractivity contribution is 4.88. The quantitative estimate of drug-likeness (QED) is 0.836. The first-order valence-corrected chi connectivity index (χ1v) is 9.08. The molecule has 1 N–H and O–H groups in total. The minimum Gasteiger partial charge on any atom is -0.316 e. The Bertz CT molecular complexity index is 308. The van der Waals surface area contributed by atoms with Crippen LogP contribution in [0.5, 0.6) is 0 Å². The van der Waals surface area contributed by atoms with Gasteiger partial charge in [-0.05, 0) is 57.8 Å². The summed E-state index contributed by atoms with van der Waals surface area (Å²) in [5.74, 6) is 1.73. The standard InChI is InChI=1S/C17H34N4/c1-15-13-20(14-16-4-3-6-18-12-16)7-5-17(15)21-10-8-19(2)9-11-21/h15-18H,3-14H2,1-2H3. The maximum atomic E-state index is 3.56. The van der Waals surface area contributed by atoms with Gasteiger partial charge in [0.05, 0.1) is 0 Å². The van der Waals surface area contributed by atoms with Gasteiger partial charge in [0.25, 0.3) is 0 Å². The van der Waals surface area contributed by atoms with Gasteiger partial charge in [-0.3, -0.25) is 4.90 Å². The summed E-state index contributed by atoms with van der Waals surface area (Å²) < 4.78 is 0. The lowest BCUT2D eigenvalue weighted by molar-refractivity contribution is 0.0291. The summed E-state index contributed by atoms with van der Waals surface area (Å²) >= 11 is 0. The number of nitrogens with one attached hydrogen (secondary N) is 1. The summed E-state index contributed by atoms with van der Waals surface area (Å²) in [4.78, 5) is 7.98. The molecule has 0 bridgehead atoms. The van der Waals surface area contributed by atoms with E-state index in [2.05, 4.69) is 34.0 Å². The Hall–Kier alpha value is -0.160. The molecule has 0 saturated carbocycles. The van der Waals surface area contributed by atoms with Gasteiger partial charge in [-0.25, -0.2) is 0 Å². The minimum atomic E-state index is 0.832.